The molecule has 0 spiro atoms. The lowest BCUT2D eigenvalue weighted by Crippen LogP contribution is -2.44. The summed E-state index contributed by atoms with van der Waals surface area (Å²) in [5.74, 6) is 0.541. The molecule has 7 heteroatoms. The average Bonchev–Trinajstić information content (AvgIpc) is 3.13. The van der Waals surface area contributed by atoms with E-state index in [4.69, 9.17) is 0 Å². The fourth-order valence-corrected chi connectivity index (χ4v) is 3.11. The third-order valence-electron chi connectivity index (χ3n) is 4.72. The molecule has 0 aliphatic carbocycles. The van der Waals surface area contributed by atoms with Crippen LogP contribution in [0.5, 0.6) is 0 Å². The van der Waals surface area contributed by atoms with Crippen LogP contribution in [-0.2, 0) is 13.1 Å². The molecule has 0 saturated carbocycles. The lowest BCUT2D eigenvalue weighted by molar-refractivity contribution is 0.164. The number of hydrogen-bond donors (Lipinski definition) is 2. The lowest BCUT2D eigenvalue weighted by Gasteiger charge is -2.31. The molecule has 1 atom stereocenters. The summed E-state index contributed by atoms with van der Waals surface area (Å²) in [6, 6.07) is 7.64. The van der Waals surface area contributed by atoms with E-state index in [9.17, 15) is 9.90 Å². The van der Waals surface area contributed by atoms with E-state index in [1.54, 1.807) is 19.6 Å². The van der Waals surface area contributed by atoms with Crippen LogP contribution < -0.4 is 5.32 Å². The van der Waals surface area contributed by atoms with Gasteiger partial charge in [0.1, 0.15) is 12.7 Å². The molecule has 2 heterocycles. The van der Waals surface area contributed by atoms with Gasteiger partial charge in [0.25, 0.3) is 0 Å². The van der Waals surface area contributed by atoms with Crippen molar-refractivity contribution >= 4 is 6.03 Å². The van der Waals surface area contributed by atoms with Crippen LogP contribution in [-0.4, -0.2) is 43.9 Å². The summed E-state index contributed by atoms with van der Waals surface area (Å²) in [6.45, 7) is 4.64. The van der Waals surface area contributed by atoms with E-state index in [0.29, 0.717) is 12.5 Å². The normalized spacial score (nSPS) is 16.6. The van der Waals surface area contributed by atoms with Crippen LogP contribution in [0.4, 0.5) is 4.79 Å². The molecule has 2 aromatic rings. The van der Waals surface area contributed by atoms with Crippen LogP contribution in [0.3, 0.4) is 0 Å². The third kappa shape index (κ3) is 4.79. The maximum atomic E-state index is 12.3. The van der Waals surface area contributed by atoms with Gasteiger partial charge in [-0.25, -0.2) is 9.78 Å². The van der Waals surface area contributed by atoms with Gasteiger partial charge in [0.15, 0.2) is 0 Å². The molecule has 1 aliphatic rings. The van der Waals surface area contributed by atoms with E-state index in [-0.39, 0.29) is 6.03 Å². The first-order valence-corrected chi connectivity index (χ1v) is 8.74. The van der Waals surface area contributed by atoms with E-state index in [1.807, 2.05) is 33.8 Å². The summed E-state index contributed by atoms with van der Waals surface area (Å²) in [4.78, 5) is 18.2. The number of carbonyl (C=O) groups is 1. The number of aliphatic hydroxyl groups is 1. The molecule has 1 aromatic carbocycles. The number of carbonyl (C=O) groups excluding carboxylic acids is 1. The standard InChI is InChI=1S/C18H25N5O2/c1-14(24)17-4-2-15(3-5-17)10-20-18(25)22-8-6-16(7-9-22)11-23-13-19-12-21-23/h2-5,12-14,16,24H,6-11H2,1H3,(H,20,25)/t14-/m0/s1. The number of nitrogens with one attached hydrogen (secondary N) is 1. The second kappa shape index (κ2) is 8.11. The molecule has 1 saturated heterocycles. The molecule has 2 amide bonds. The van der Waals surface area contributed by atoms with Crippen LogP contribution in [0.15, 0.2) is 36.9 Å². The Labute approximate surface area is 147 Å². The Kier molecular flexibility index (Phi) is 5.65. The first kappa shape index (κ1) is 17.4. The maximum Gasteiger partial charge on any atom is 0.317 e. The monoisotopic (exact) mass is 343 g/mol. The van der Waals surface area contributed by atoms with E-state index in [0.717, 1.165) is 43.6 Å². The van der Waals surface area contributed by atoms with Gasteiger partial charge in [-0.1, -0.05) is 24.3 Å². The molecular formula is C18H25N5O2. The van der Waals surface area contributed by atoms with Crippen LogP contribution in [0.1, 0.15) is 37.0 Å². The zero-order valence-corrected chi connectivity index (χ0v) is 14.5. The number of amides is 2. The van der Waals surface area contributed by atoms with Gasteiger partial charge in [0.05, 0.1) is 6.10 Å². The molecule has 0 radical (unpaired) electrons. The average molecular weight is 343 g/mol. The van der Waals surface area contributed by atoms with E-state index in [1.165, 1.54) is 0 Å². The SMILES string of the molecule is C[C@H](O)c1ccc(CNC(=O)N2CCC(Cn3cncn3)CC2)cc1. The van der Waals surface area contributed by atoms with Crippen molar-refractivity contribution in [1.29, 1.82) is 0 Å². The summed E-state index contributed by atoms with van der Waals surface area (Å²) in [5.41, 5.74) is 1.91. The van der Waals surface area contributed by atoms with Crippen molar-refractivity contribution in [3.8, 4) is 0 Å². The Hall–Kier alpha value is -2.41. The van der Waals surface area contributed by atoms with E-state index >= 15 is 0 Å². The fourth-order valence-electron chi connectivity index (χ4n) is 3.11. The summed E-state index contributed by atoms with van der Waals surface area (Å²) in [7, 11) is 0. The van der Waals surface area contributed by atoms with Crippen molar-refractivity contribution in [1.82, 2.24) is 25.0 Å². The number of rotatable bonds is 5. The molecule has 3 rings (SSSR count). The molecule has 1 fully saturated rings. The van der Waals surface area contributed by atoms with Gasteiger partial charge < -0.3 is 15.3 Å². The minimum atomic E-state index is -0.470. The number of aromatic nitrogens is 3. The summed E-state index contributed by atoms with van der Waals surface area (Å²) < 4.78 is 1.86. The minimum Gasteiger partial charge on any atom is -0.389 e. The zero-order chi connectivity index (χ0) is 17.6. The molecule has 0 unspecified atom stereocenters. The van der Waals surface area contributed by atoms with Crippen LogP contribution >= 0.6 is 0 Å². The van der Waals surface area contributed by atoms with Crippen molar-refractivity contribution < 1.29 is 9.90 Å². The van der Waals surface area contributed by atoms with Gasteiger partial charge in [-0.2, -0.15) is 5.10 Å². The first-order valence-electron chi connectivity index (χ1n) is 8.74. The summed E-state index contributed by atoms with van der Waals surface area (Å²) in [5, 5.41) is 16.6. The Bertz CT molecular complexity index is 661. The topological polar surface area (TPSA) is 83.3 Å². The van der Waals surface area contributed by atoms with Crippen LogP contribution in [0.25, 0.3) is 0 Å². The van der Waals surface area contributed by atoms with E-state index < -0.39 is 6.10 Å². The van der Waals surface area contributed by atoms with Crippen LogP contribution in [0.2, 0.25) is 0 Å². The largest absolute Gasteiger partial charge is 0.389 e. The fraction of sp³-hybridized carbons (Fsp3) is 0.500. The predicted octanol–water partition coefficient (Wildman–Crippen LogP) is 1.95. The number of likely N-dealkylation sites (tertiary alicyclic amines) is 1. The highest BCUT2D eigenvalue weighted by molar-refractivity contribution is 5.74. The van der Waals surface area contributed by atoms with Crippen molar-refractivity contribution in [3.05, 3.63) is 48.0 Å². The summed E-state index contributed by atoms with van der Waals surface area (Å²) >= 11 is 0. The summed E-state index contributed by atoms with van der Waals surface area (Å²) in [6.07, 6.45) is 4.78. The van der Waals surface area contributed by atoms with Gasteiger partial charge >= 0.3 is 6.03 Å². The highest BCUT2D eigenvalue weighted by Gasteiger charge is 2.23. The maximum absolute atomic E-state index is 12.3. The minimum absolute atomic E-state index is 0.0150. The van der Waals surface area contributed by atoms with Gasteiger partial charge in [-0.15, -0.1) is 0 Å². The number of urea groups is 1. The molecule has 2 N–H and O–H groups in total. The Balaban J connectivity index is 1.41. The molecular weight excluding hydrogens is 318 g/mol. The Morgan fingerprint density at radius 3 is 2.64 bits per heavy atom. The Morgan fingerprint density at radius 1 is 1.32 bits per heavy atom. The van der Waals surface area contributed by atoms with Gasteiger partial charge in [0, 0.05) is 26.2 Å². The predicted molar refractivity (Wildman–Crippen MR) is 93.6 cm³/mol. The van der Waals surface area contributed by atoms with Crippen LogP contribution in [0, 0.1) is 5.92 Å². The molecule has 134 valence electrons. The second-order valence-electron chi connectivity index (χ2n) is 6.62. The molecule has 7 nitrogen and oxygen atoms in total. The number of piperidine rings is 1. The Morgan fingerprint density at radius 2 is 2.04 bits per heavy atom. The van der Waals surface area contributed by atoms with Crippen molar-refractivity contribution in [2.45, 2.75) is 39.0 Å². The molecule has 0 bridgehead atoms. The second-order valence-corrected chi connectivity index (χ2v) is 6.62. The first-order chi connectivity index (χ1) is 12.1. The highest BCUT2D eigenvalue weighted by atomic mass is 16.3. The van der Waals surface area contributed by atoms with Gasteiger partial charge in [-0.05, 0) is 36.8 Å². The zero-order valence-electron chi connectivity index (χ0n) is 14.5. The molecule has 1 aromatic heterocycles. The van der Waals surface area contributed by atoms with Gasteiger partial charge in [-0.3, -0.25) is 4.68 Å². The highest BCUT2D eigenvalue weighted by Crippen LogP contribution is 2.19. The number of nitrogens with zero attached hydrogens (tertiary/aromatic N) is 4. The molecule has 1 aliphatic heterocycles. The van der Waals surface area contributed by atoms with Crippen molar-refractivity contribution in [2.75, 3.05) is 13.1 Å². The quantitative estimate of drug-likeness (QED) is 0.869. The molecule has 25 heavy (non-hydrogen) atoms. The number of hydrogen-bond acceptors (Lipinski definition) is 4. The van der Waals surface area contributed by atoms with Crippen molar-refractivity contribution in [2.24, 2.45) is 5.92 Å². The smallest absolute Gasteiger partial charge is 0.317 e. The van der Waals surface area contributed by atoms with E-state index in [2.05, 4.69) is 15.4 Å². The van der Waals surface area contributed by atoms with Gasteiger partial charge in [0.2, 0.25) is 0 Å². The third-order valence-corrected chi connectivity index (χ3v) is 4.72. The lowest BCUT2D eigenvalue weighted by atomic mass is 9.97. The van der Waals surface area contributed by atoms with Crippen molar-refractivity contribution in [3.63, 3.8) is 0 Å². The number of aliphatic hydroxyl groups excluding tert-OH is 1. The number of benzene rings is 1.